The van der Waals surface area contributed by atoms with E-state index >= 15 is 0 Å². The third-order valence-electron chi connectivity index (χ3n) is 3.61. The van der Waals surface area contributed by atoms with Crippen LogP contribution >= 0.6 is 11.3 Å². The maximum atomic E-state index is 12.6. The van der Waals surface area contributed by atoms with E-state index in [9.17, 15) is 9.59 Å². The van der Waals surface area contributed by atoms with Crippen molar-refractivity contribution >= 4 is 23.2 Å². The highest BCUT2D eigenvalue weighted by atomic mass is 32.1. The fraction of sp³-hybridized carbons (Fsp3) is 0.600. The third-order valence-corrected chi connectivity index (χ3v) is 4.55. The molecule has 110 valence electrons. The molecule has 2 atom stereocenters. The number of piperazine rings is 1. The van der Waals surface area contributed by atoms with Crippen LogP contribution in [0.1, 0.15) is 44.5 Å². The Hall–Kier alpha value is -1.36. The average Bonchev–Trinajstić information content (AvgIpc) is 2.88. The van der Waals surface area contributed by atoms with Gasteiger partial charge in [0.15, 0.2) is 0 Å². The van der Waals surface area contributed by atoms with Gasteiger partial charge in [0.05, 0.1) is 6.04 Å². The number of hydrogen-bond acceptors (Lipinski definition) is 3. The Morgan fingerprint density at radius 1 is 1.45 bits per heavy atom. The molecule has 1 N–H and O–H groups in total. The largest absolute Gasteiger partial charge is 0.343 e. The molecule has 0 radical (unpaired) electrons. The van der Waals surface area contributed by atoms with Crippen LogP contribution in [-0.4, -0.2) is 29.3 Å². The lowest BCUT2D eigenvalue weighted by Gasteiger charge is -2.39. The maximum Gasteiger partial charge on any atom is 0.246 e. The predicted octanol–water partition coefficient (Wildman–Crippen LogP) is 2.57. The Labute approximate surface area is 124 Å². The summed E-state index contributed by atoms with van der Waals surface area (Å²) >= 11 is 1.65. The Kier molecular flexibility index (Phi) is 4.81. The molecular weight excluding hydrogens is 272 g/mol. The monoisotopic (exact) mass is 294 g/mol. The lowest BCUT2D eigenvalue weighted by Crippen LogP contribution is -2.59. The van der Waals surface area contributed by atoms with Crippen LogP contribution < -0.4 is 5.32 Å². The molecule has 0 spiro atoms. The van der Waals surface area contributed by atoms with Gasteiger partial charge in [0, 0.05) is 4.88 Å². The smallest absolute Gasteiger partial charge is 0.246 e. The highest BCUT2D eigenvalue weighted by Crippen LogP contribution is 2.33. The van der Waals surface area contributed by atoms with Crippen LogP contribution in [0, 0.1) is 5.92 Å². The molecule has 1 fully saturated rings. The van der Waals surface area contributed by atoms with Gasteiger partial charge in [-0.3, -0.25) is 9.59 Å². The van der Waals surface area contributed by atoms with Gasteiger partial charge in [0.1, 0.15) is 12.6 Å². The summed E-state index contributed by atoms with van der Waals surface area (Å²) in [5.41, 5.74) is 0. The van der Waals surface area contributed by atoms with Gasteiger partial charge >= 0.3 is 0 Å². The summed E-state index contributed by atoms with van der Waals surface area (Å²) in [4.78, 5) is 27.4. The van der Waals surface area contributed by atoms with Crippen molar-refractivity contribution in [2.45, 2.75) is 45.7 Å². The predicted molar refractivity (Wildman–Crippen MR) is 80.4 cm³/mol. The summed E-state index contributed by atoms with van der Waals surface area (Å²) in [6, 6.07) is 3.67. The van der Waals surface area contributed by atoms with Crippen LogP contribution in [0.25, 0.3) is 0 Å². The van der Waals surface area contributed by atoms with Gasteiger partial charge in [0.2, 0.25) is 11.8 Å². The highest BCUT2D eigenvalue weighted by Gasteiger charge is 2.38. The molecular formula is C15H22N2O2S. The number of amides is 2. The van der Waals surface area contributed by atoms with E-state index in [1.165, 1.54) is 0 Å². The summed E-state index contributed by atoms with van der Waals surface area (Å²) in [6.07, 6.45) is 1.59. The van der Waals surface area contributed by atoms with Crippen molar-refractivity contribution < 1.29 is 9.59 Å². The zero-order valence-electron chi connectivity index (χ0n) is 12.3. The van der Waals surface area contributed by atoms with Gasteiger partial charge in [-0.1, -0.05) is 33.3 Å². The minimum absolute atomic E-state index is 0.00657. The van der Waals surface area contributed by atoms with Crippen LogP contribution in [0.5, 0.6) is 0 Å². The Morgan fingerprint density at radius 2 is 2.20 bits per heavy atom. The highest BCUT2D eigenvalue weighted by molar-refractivity contribution is 7.10. The number of nitrogens with zero attached hydrogens (tertiary/aromatic N) is 1. The van der Waals surface area contributed by atoms with Crippen molar-refractivity contribution in [3.05, 3.63) is 22.4 Å². The molecule has 1 aliphatic heterocycles. The first-order valence-corrected chi connectivity index (χ1v) is 8.05. The number of carbonyl (C=O) groups is 2. The Morgan fingerprint density at radius 3 is 2.75 bits per heavy atom. The SMILES string of the molecule is CCCC1NC(=O)CN(C(c2cccs2)C(C)C)C1=O. The molecule has 1 saturated heterocycles. The van der Waals surface area contributed by atoms with E-state index in [0.29, 0.717) is 6.42 Å². The second-order valence-electron chi connectivity index (χ2n) is 5.58. The molecule has 2 unspecified atom stereocenters. The summed E-state index contributed by atoms with van der Waals surface area (Å²) in [7, 11) is 0. The van der Waals surface area contributed by atoms with E-state index in [4.69, 9.17) is 0 Å². The number of thiophene rings is 1. The molecule has 1 aromatic heterocycles. The molecule has 0 saturated carbocycles. The van der Waals surface area contributed by atoms with Crippen LogP contribution in [0.3, 0.4) is 0 Å². The molecule has 2 heterocycles. The van der Waals surface area contributed by atoms with Crippen LogP contribution in [0.2, 0.25) is 0 Å². The van der Waals surface area contributed by atoms with Crippen molar-refractivity contribution in [2.75, 3.05) is 6.54 Å². The fourth-order valence-corrected chi connectivity index (χ4v) is 3.77. The zero-order valence-corrected chi connectivity index (χ0v) is 13.1. The van der Waals surface area contributed by atoms with Crippen molar-refractivity contribution in [3.63, 3.8) is 0 Å². The summed E-state index contributed by atoms with van der Waals surface area (Å²) in [5, 5.41) is 4.83. The van der Waals surface area contributed by atoms with Gasteiger partial charge in [0.25, 0.3) is 0 Å². The topological polar surface area (TPSA) is 49.4 Å². The summed E-state index contributed by atoms with van der Waals surface area (Å²) < 4.78 is 0. The summed E-state index contributed by atoms with van der Waals surface area (Å²) in [5.74, 6) is 0.287. The van der Waals surface area contributed by atoms with Gasteiger partial charge in [-0.2, -0.15) is 0 Å². The number of nitrogens with one attached hydrogen (secondary N) is 1. The van der Waals surface area contributed by atoms with Gasteiger partial charge in [-0.15, -0.1) is 11.3 Å². The van der Waals surface area contributed by atoms with Gasteiger partial charge in [-0.25, -0.2) is 0 Å². The van der Waals surface area contributed by atoms with Crippen LogP contribution in [-0.2, 0) is 9.59 Å². The first-order valence-electron chi connectivity index (χ1n) is 7.17. The molecule has 0 aromatic carbocycles. The maximum absolute atomic E-state index is 12.6. The number of carbonyl (C=O) groups excluding carboxylic acids is 2. The Balaban J connectivity index is 2.27. The number of hydrogen-bond donors (Lipinski definition) is 1. The van der Waals surface area contributed by atoms with Crippen LogP contribution in [0.15, 0.2) is 17.5 Å². The average molecular weight is 294 g/mol. The van der Waals surface area contributed by atoms with Gasteiger partial charge in [-0.05, 0) is 23.8 Å². The molecule has 0 bridgehead atoms. The molecule has 5 heteroatoms. The minimum Gasteiger partial charge on any atom is -0.343 e. The fourth-order valence-electron chi connectivity index (χ4n) is 2.76. The van der Waals surface area contributed by atoms with E-state index < -0.39 is 0 Å². The second kappa shape index (κ2) is 6.39. The van der Waals surface area contributed by atoms with Gasteiger partial charge < -0.3 is 10.2 Å². The normalized spacial score (nSPS) is 21.2. The molecule has 1 aromatic rings. The molecule has 4 nitrogen and oxygen atoms in total. The van der Waals surface area contributed by atoms with Crippen molar-refractivity contribution in [3.8, 4) is 0 Å². The van der Waals surface area contributed by atoms with E-state index in [1.54, 1.807) is 16.2 Å². The summed E-state index contributed by atoms with van der Waals surface area (Å²) in [6.45, 7) is 6.38. The molecule has 0 aliphatic carbocycles. The third kappa shape index (κ3) is 3.03. The molecule has 2 amide bonds. The van der Waals surface area contributed by atoms with E-state index in [2.05, 4.69) is 19.2 Å². The lowest BCUT2D eigenvalue weighted by atomic mass is 9.97. The Bertz CT molecular complexity index is 470. The lowest BCUT2D eigenvalue weighted by molar-refractivity contribution is -0.148. The number of rotatable bonds is 5. The quantitative estimate of drug-likeness (QED) is 0.907. The van der Waals surface area contributed by atoms with E-state index in [1.807, 2.05) is 24.4 Å². The first-order chi connectivity index (χ1) is 9.54. The van der Waals surface area contributed by atoms with Crippen molar-refractivity contribution in [1.29, 1.82) is 0 Å². The first kappa shape index (κ1) is 15.0. The molecule has 2 rings (SSSR count). The van der Waals surface area contributed by atoms with E-state index in [0.717, 1.165) is 11.3 Å². The molecule has 20 heavy (non-hydrogen) atoms. The second-order valence-corrected chi connectivity index (χ2v) is 6.56. The van der Waals surface area contributed by atoms with Crippen molar-refractivity contribution in [2.24, 2.45) is 5.92 Å². The minimum atomic E-state index is -0.359. The van der Waals surface area contributed by atoms with E-state index in [-0.39, 0.29) is 36.4 Å². The standard InChI is InChI=1S/C15H22N2O2S/c1-4-6-11-15(19)17(9-13(18)16-11)14(10(2)3)12-7-5-8-20-12/h5,7-8,10-11,14H,4,6,9H2,1-3H3,(H,16,18). The van der Waals surface area contributed by atoms with Crippen LogP contribution in [0.4, 0.5) is 0 Å². The van der Waals surface area contributed by atoms with Crippen molar-refractivity contribution in [1.82, 2.24) is 10.2 Å². The molecule has 1 aliphatic rings. The zero-order chi connectivity index (χ0) is 14.7.